The lowest BCUT2D eigenvalue weighted by molar-refractivity contribution is -0.413. The minimum atomic E-state index is -2.30. The largest absolute Gasteiger partial charge is 0.459 e. The first-order valence-corrected chi connectivity index (χ1v) is 9.83. The molecule has 2 heterocycles. The Labute approximate surface area is 177 Å². The summed E-state index contributed by atoms with van der Waals surface area (Å²) >= 11 is 0. The van der Waals surface area contributed by atoms with E-state index in [1.807, 2.05) is 0 Å². The molecule has 3 fully saturated rings. The van der Waals surface area contributed by atoms with Crippen molar-refractivity contribution in [3.63, 3.8) is 0 Å². The van der Waals surface area contributed by atoms with Crippen molar-refractivity contribution in [3.05, 3.63) is 0 Å². The van der Waals surface area contributed by atoms with Crippen molar-refractivity contribution < 1.29 is 64.2 Å². The molecule has 12 atom stereocenters. The Morgan fingerprint density at radius 2 is 1.68 bits per heavy atom. The highest BCUT2D eigenvalue weighted by Crippen LogP contribution is 2.53. The molecule has 13 nitrogen and oxygen atoms in total. The third-order valence-electron chi connectivity index (χ3n) is 6.29. The SMILES string of the molecule is COC1OC(OC2OC(CO)C(O)C(O)C2O)C2C(C)(OC(C)=O)CC(O)C2(O)C1O. The fourth-order valence-corrected chi connectivity index (χ4v) is 4.80. The molecule has 180 valence electrons. The van der Waals surface area contributed by atoms with E-state index in [-0.39, 0.29) is 6.42 Å². The number of rotatable bonds is 5. The molecule has 3 rings (SSSR count). The molecule has 7 N–H and O–H groups in total. The highest BCUT2D eigenvalue weighted by Gasteiger charge is 2.72. The summed E-state index contributed by atoms with van der Waals surface area (Å²) in [5, 5.41) is 72.1. The zero-order chi connectivity index (χ0) is 23.3. The number of hydrogen-bond acceptors (Lipinski definition) is 13. The van der Waals surface area contributed by atoms with E-state index in [0.29, 0.717) is 0 Å². The van der Waals surface area contributed by atoms with Gasteiger partial charge in [-0.15, -0.1) is 0 Å². The molecule has 31 heavy (non-hydrogen) atoms. The smallest absolute Gasteiger partial charge is 0.303 e. The van der Waals surface area contributed by atoms with Gasteiger partial charge in [0.15, 0.2) is 18.9 Å². The molecule has 0 spiro atoms. The number of aliphatic hydroxyl groups excluding tert-OH is 6. The highest BCUT2D eigenvalue weighted by molar-refractivity contribution is 5.66. The van der Waals surface area contributed by atoms with Crippen LogP contribution in [0, 0.1) is 5.92 Å². The van der Waals surface area contributed by atoms with Crippen molar-refractivity contribution >= 4 is 5.97 Å². The normalized spacial score (nSPS) is 52.6. The van der Waals surface area contributed by atoms with Gasteiger partial charge < -0.3 is 59.4 Å². The fraction of sp³-hybridized carbons (Fsp3) is 0.944. The molecule has 0 amide bonds. The molecule has 13 heteroatoms. The van der Waals surface area contributed by atoms with Gasteiger partial charge >= 0.3 is 5.97 Å². The quantitative estimate of drug-likeness (QED) is 0.198. The van der Waals surface area contributed by atoms with Crippen LogP contribution in [0.25, 0.3) is 0 Å². The Hall–Kier alpha value is -0.970. The Kier molecular flexibility index (Phi) is 6.97. The summed E-state index contributed by atoms with van der Waals surface area (Å²) in [6.07, 6.45) is -14.8. The van der Waals surface area contributed by atoms with Gasteiger partial charge in [0, 0.05) is 20.5 Å². The van der Waals surface area contributed by atoms with Gasteiger partial charge in [-0.25, -0.2) is 0 Å². The summed E-state index contributed by atoms with van der Waals surface area (Å²) in [6.45, 7) is 1.83. The maximum absolute atomic E-state index is 11.7. The van der Waals surface area contributed by atoms with Crippen molar-refractivity contribution in [2.24, 2.45) is 5.92 Å². The van der Waals surface area contributed by atoms with E-state index in [9.17, 15) is 40.5 Å². The van der Waals surface area contributed by atoms with Crippen LogP contribution >= 0.6 is 0 Å². The first-order chi connectivity index (χ1) is 14.4. The highest BCUT2D eigenvalue weighted by atomic mass is 16.8. The summed E-state index contributed by atoms with van der Waals surface area (Å²) in [5.74, 6) is -2.11. The minimum absolute atomic E-state index is 0.279. The Morgan fingerprint density at radius 3 is 2.23 bits per heavy atom. The topological polar surface area (TPSA) is 205 Å². The first-order valence-electron chi connectivity index (χ1n) is 9.83. The van der Waals surface area contributed by atoms with Crippen LogP contribution in [-0.4, -0.2) is 122 Å². The lowest BCUT2D eigenvalue weighted by Gasteiger charge is -2.51. The van der Waals surface area contributed by atoms with Gasteiger partial charge in [-0.1, -0.05) is 0 Å². The van der Waals surface area contributed by atoms with E-state index < -0.39 is 85.2 Å². The van der Waals surface area contributed by atoms with Crippen LogP contribution in [0.4, 0.5) is 0 Å². The Balaban J connectivity index is 1.96. The van der Waals surface area contributed by atoms with Gasteiger partial charge in [-0.05, 0) is 6.92 Å². The van der Waals surface area contributed by atoms with Crippen molar-refractivity contribution in [1.82, 2.24) is 0 Å². The third kappa shape index (κ3) is 3.98. The van der Waals surface area contributed by atoms with E-state index in [1.54, 1.807) is 0 Å². The van der Waals surface area contributed by atoms with Gasteiger partial charge in [0.2, 0.25) is 0 Å². The van der Waals surface area contributed by atoms with Crippen molar-refractivity contribution in [1.29, 1.82) is 0 Å². The van der Waals surface area contributed by atoms with Crippen LogP contribution in [0.2, 0.25) is 0 Å². The number of fused-ring (bicyclic) bond motifs is 1. The molecule has 1 aliphatic carbocycles. The molecule has 0 radical (unpaired) electrons. The van der Waals surface area contributed by atoms with Crippen LogP contribution in [-0.2, 0) is 28.5 Å². The number of esters is 1. The maximum atomic E-state index is 11.7. The van der Waals surface area contributed by atoms with E-state index in [4.69, 9.17) is 23.7 Å². The number of ether oxygens (including phenoxy) is 5. The first kappa shape index (κ1) is 24.7. The molecule has 12 unspecified atom stereocenters. The molecule has 2 saturated heterocycles. The zero-order valence-corrected chi connectivity index (χ0v) is 17.3. The second-order valence-electron chi connectivity index (χ2n) is 8.38. The number of carbonyl (C=O) groups excluding carboxylic acids is 1. The van der Waals surface area contributed by atoms with Gasteiger partial charge in [-0.2, -0.15) is 0 Å². The molecular weight excluding hydrogens is 424 g/mol. The lowest BCUT2D eigenvalue weighted by atomic mass is 9.76. The minimum Gasteiger partial charge on any atom is -0.459 e. The predicted octanol–water partition coefficient (Wildman–Crippen LogP) is -4.07. The Bertz CT molecular complexity index is 660. The summed E-state index contributed by atoms with van der Waals surface area (Å²) in [6, 6.07) is 0. The third-order valence-corrected chi connectivity index (χ3v) is 6.29. The molecule has 2 aliphatic heterocycles. The monoisotopic (exact) mass is 454 g/mol. The summed E-state index contributed by atoms with van der Waals surface area (Å²) in [4.78, 5) is 11.7. The van der Waals surface area contributed by atoms with Crippen LogP contribution in [0.5, 0.6) is 0 Å². The van der Waals surface area contributed by atoms with E-state index in [2.05, 4.69) is 0 Å². The standard InChI is InChI=1S/C18H30O13/c1-6(20)31-17(2)4-8(21)18(26)12(17)15(30-16(27-3)13(18)25)29-14-11(24)10(23)9(22)7(5-19)28-14/h7-16,19,21-26H,4-5H2,1-3H3. The van der Waals surface area contributed by atoms with Gasteiger partial charge in [0.05, 0.1) is 18.6 Å². The summed E-state index contributed by atoms with van der Waals surface area (Å²) in [5.41, 5.74) is -3.87. The van der Waals surface area contributed by atoms with Gasteiger partial charge in [0.1, 0.15) is 41.7 Å². The fourth-order valence-electron chi connectivity index (χ4n) is 4.80. The van der Waals surface area contributed by atoms with Crippen molar-refractivity contribution in [2.45, 2.75) is 87.0 Å². The van der Waals surface area contributed by atoms with E-state index >= 15 is 0 Å². The predicted molar refractivity (Wildman–Crippen MR) is 95.8 cm³/mol. The molecule has 3 aliphatic rings. The van der Waals surface area contributed by atoms with Gasteiger partial charge in [-0.3, -0.25) is 4.79 Å². The zero-order valence-electron chi connectivity index (χ0n) is 17.3. The van der Waals surface area contributed by atoms with Crippen LogP contribution in [0.3, 0.4) is 0 Å². The maximum Gasteiger partial charge on any atom is 0.303 e. The average molecular weight is 454 g/mol. The number of carbonyl (C=O) groups is 1. The summed E-state index contributed by atoms with van der Waals surface area (Å²) in [7, 11) is 1.18. The Morgan fingerprint density at radius 1 is 1.03 bits per heavy atom. The number of aliphatic hydroxyl groups is 7. The average Bonchev–Trinajstić information content (AvgIpc) is 2.90. The molecule has 1 saturated carbocycles. The van der Waals surface area contributed by atoms with Gasteiger partial charge in [0.25, 0.3) is 0 Å². The second-order valence-corrected chi connectivity index (χ2v) is 8.38. The second kappa shape index (κ2) is 8.76. The van der Waals surface area contributed by atoms with E-state index in [0.717, 1.165) is 6.92 Å². The number of hydrogen-bond donors (Lipinski definition) is 7. The molecule has 0 aromatic heterocycles. The number of methoxy groups -OCH3 is 1. The van der Waals surface area contributed by atoms with Crippen LogP contribution in [0.1, 0.15) is 20.3 Å². The molecule has 0 aromatic rings. The molecular formula is C18H30O13. The van der Waals surface area contributed by atoms with Crippen molar-refractivity contribution in [2.75, 3.05) is 13.7 Å². The van der Waals surface area contributed by atoms with Crippen LogP contribution < -0.4 is 0 Å². The van der Waals surface area contributed by atoms with E-state index in [1.165, 1.54) is 14.0 Å². The molecule has 0 bridgehead atoms. The lowest BCUT2D eigenvalue weighted by Crippen LogP contribution is -2.69. The summed E-state index contributed by atoms with van der Waals surface area (Å²) < 4.78 is 26.9. The van der Waals surface area contributed by atoms with Crippen molar-refractivity contribution in [3.8, 4) is 0 Å². The molecule has 0 aromatic carbocycles. The van der Waals surface area contributed by atoms with Crippen LogP contribution in [0.15, 0.2) is 0 Å².